The van der Waals surface area contributed by atoms with Crippen LogP contribution in [0.15, 0.2) is 73.6 Å². The van der Waals surface area contributed by atoms with Crippen molar-refractivity contribution in [2.24, 2.45) is 0 Å². The summed E-state index contributed by atoms with van der Waals surface area (Å²) in [7, 11) is 0. The third-order valence-electron chi connectivity index (χ3n) is 12.6. The van der Waals surface area contributed by atoms with E-state index in [0.717, 1.165) is 62.3 Å². The zero-order valence-electron chi connectivity index (χ0n) is 39.2. The van der Waals surface area contributed by atoms with Gasteiger partial charge >= 0.3 is 0 Å². The lowest BCUT2D eigenvalue weighted by Gasteiger charge is -2.28. The summed E-state index contributed by atoms with van der Waals surface area (Å²) >= 11 is 0. The minimum Gasteiger partial charge on any atom is -0.369 e. The number of aryl methyl sites for hydroxylation is 2. The number of pyridine rings is 2. The first-order chi connectivity index (χ1) is 32.8. The van der Waals surface area contributed by atoms with Gasteiger partial charge in [0.2, 0.25) is 0 Å². The van der Waals surface area contributed by atoms with Gasteiger partial charge in [-0.3, -0.25) is 9.97 Å². The molecule has 1 N–H and O–H groups in total. The number of hydrogen-bond acceptors (Lipinski definition) is 11. The van der Waals surface area contributed by atoms with Crippen molar-refractivity contribution in [3.63, 3.8) is 0 Å². The lowest BCUT2D eigenvalue weighted by Crippen LogP contribution is -2.43. The third kappa shape index (κ3) is 9.75. The van der Waals surface area contributed by atoms with Gasteiger partial charge in [-0.05, 0) is 108 Å². The average Bonchev–Trinajstić information content (AvgIpc) is 3.87. The first-order valence-corrected chi connectivity index (χ1v) is 23.3. The molecular formula is C51H55F4N13. The first kappa shape index (κ1) is 46.2. The van der Waals surface area contributed by atoms with Crippen LogP contribution in [0.1, 0.15) is 93.7 Å². The Bertz CT molecular complexity index is 2860. The minimum absolute atomic E-state index is 0.0961. The Kier molecular flexibility index (Phi) is 13.4. The van der Waals surface area contributed by atoms with Crippen molar-refractivity contribution < 1.29 is 17.6 Å². The molecule has 2 saturated heterocycles. The Morgan fingerprint density at radius 3 is 1.32 bits per heavy atom. The maximum absolute atomic E-state index is 14.9. The highest BCUT2D eigenvalue weighted by molar-refractivity contribution is 5.85. The van der Waals surface area contributed by atoms with Gasteiger partial charge in [0.15, 0.2) is 11.6 Å². The SMILES string of the molecule is Cc1nc2c(F)cc(-c3cc(Cc4ncc(N5CCCCC5)cn4)ncc3F)cc2n1C(C)C.Cc1nc2c(F)cc(-c3cc(Cc4ncc(N5CCNCC5)cn4)ncc3F)cc2n1C(C)C. The van der Waals surface area contributed by atoms with Gasteiger partial charge in [-0.2, -0.15) is 0 Å². The maximum Gasteiger partial charge on any atom is 0.151 e. The molecule has 2 aromatic carbocycles. The van der Waals surface area contributed by atoms with Gasteiger partial charge in [0.1, 0.15) is 46.0 Å². The number of piperidine rings is 1. The topological polar surface area (TPSA) is 131 Å². The molecule has 0 saturated carbocycles. The number of anilines is 2. The predicted octanol–water partition coefficient (Wildman–Crippen LogP) is 9.69. The highest BCUT2D eigenvalue weighted by Crippen LogP contribution is 2.33. The van der Waals surface area contributed by atoms with Crippen molar-refractivity contribution in [1.29, 1.82) is 0 Å². The summed E-state index contributed by atoms with van der Waals surface area (Å²) in [5, 5.41) is 3.32. The fourth-order valence-corrected chi connectivity index (χ4v) is 9.36. The molecule has 0 atom stereocenters. The van der Waals surface area contributed by atoms with E-state index in [1.807, 2.05) is 75.5 Å². The number of benzene rings is 2. The molecule has 2 aliphatic rings. The van der Waals surface area contributed by atoms with Gasteiger partial charge in [0.25, 0.3) is 0 Å². The smallest absolute Gasteiger partial charge is 0.151 e. The number of halogens is 4. The molecule has 6 aromatic heterocycles. The number of imidazole rings is 2. The van der Waals surface area contributed by atoms with Crippen LogP contribution in [0, 0.1) is 37.1 Å². The maximum atomic E-state index is 14.9. The Labute approximate surface area is 392 Å². The van der Waals surface area contributed by atoms with Gasteiger partial charge in [-0.15, -0.1) is 0 Å². The molecule has 0 spiro atoms. The summed E-state index contributed by atoms with van der Waals surface area (Å²) in [6.45, 7) is 17.5. The molecule has 17 heteroatoms. The Balaban J connectivity index is 0.000000170. The number of hydrogen-bond donors (Lipinski definition) is 1. The monoisotopic (exact) mass is 925 g/mol. The van der Waals surface area contributed by atoms with Crippen LogP contribution in [0.3, 0.4) is 0 Å². The van der Waals surface area contributed by atoms with Crippen molar-refractivity contribution in [2.45, 2.75) is 85.7 Å². The second-order valence-electron chi connectivity index (χ2n) is 18.1. The van der Waals surface area contributed by atoms with Gasteiger partial charge in [-0.25, -0.2) is 47.5 Å². The zero-order valence-corrected chi connectivity index (χ0v) is 39.2. The van der Waals surface area contributed by atoms with Crippen LogP contribution >= 0.6 is 0 Å². The van der Waals surface area contributed by atoms with E-state index in [1.165, 1.54) is 43.8 Å². The molecule has 68 heavy (non-hydrogen) atoms. The molecule has 352 valence electrons. The summed E-state index contributed by atoms with van der Waals surface area (Å²) in [6, 6.07) is 9.75. The van der Waals surface area contributed by atoms with Gasteiger partial charge in [-0.1, -0.05) is 0 Å². The molecule has 10 rings (SSSR count). The van der Waals surface area contributed by atoms with Crippen LogP contribution in [0.25, 0.3) is 44.3 Å². The molecule has 0 aliphatic carbocycles. The normalized spacial score (nSPS) is 14.4. The first-order valence-electron chi connectivity index (χ1n) is 23.3. The van der Waals surface area contributed by atoms with E-state index < -0.39 is 23.3 Å². The molecule has 2 fully saturated rings. The second-order valence-corrected chi connectivity index (χ2v) is 18.1. The predicted molar refractivity (Wildman–Crippen MR) is 257 cm³/mol. The summed E-state index contributed by atoms with van der Waals surface area (Å²) in [5.74, 6) is 0.700. The van der Waals surface area contributed by atoms with Crippen molar-refractivity contribution in [2.75, 3.05) is 49.1 Å². The fourth-order valence-electron chi connectivity index (χ4n) is 9.36. The second kappa shape index (κ2) is 19.8. The number of nitrogens with one attached hydrogen (secondary N) is 1. The van der Waals surface area contributed by atoms with E-state index in [0.29, 0.717) is 74.6 Å². The van der Waals surface area contributed by atoms with Crippen molar-refractivity contribution in [3.8, 4) is 22.3 Å². The van der Waals surface area contributed by atoms with E-state index in [2.05, 4.69) is 55.0 Å². The molecular weight excluding hydrogens is 871 g/mol. The summed E-state index contributed by atoms with van der Waals surface area (Å²) in [4.78, 5) is 39.7. The molecule has 0 radical (unpaired) electrons. The van der Waals surface area contributed by atoms with E-state index >= 15 is 0 Å². The lowest BCUT2D eigenvalue weighted by atomic mass is 10.0. The van der Waals surface area contributed by atoms with Gasteiger partial charge in [0.05, 0.1) is 72.4 Å². The van der Waals surface area contributed by atoms with Crippen LogP contribution in [-0.2, 0) is 12.8 Å². The van der Waals surface area contributed by atoms with Gasteiger partial charge < -0.3 is 24.3 Å². The molecule has 0 unspecified atom stereocenters. The van der Waals surface area contributed by atoms with Crippen molar-refractivity contribution >= 4 is 33.4 Å². The summed E-state index contributed by atoms with van der Waals surface area (Å²) in [5.41, 5.74) is 6.62. The fraction of sp³-hybridized carbons (Fsp3) is 0.373. The summed E-state index contributed by atoms with van der Waals surface area (Å²) in [6.07, 6.45) is 14.0. The quantitative estimate of drug-likeness (QED) is 0.132. The Morgan fingerprint density at radius 1 is 0.500 bits per heavy atom. The zero-order chi connectivity index (χ0) is 47.6. The minimum atomic E-state index is -0.509. The number of piperazine rings is 1. The number of nitrogens with zero attached hydrogens (tertiary/aromatic N) is 12. The molecule has 0 bridgehead atoms. The third-order valence-corrected chi connectivity index (χ3v) is 12.6. The highest BCUT2D eigenvalue weighted by Gasteiger charge is 2.21. The van der Waals surface area contributed by atoms with E-state index in [1.54, 1.807) is 24.3 Å². The molecule has 13 nitrogen and oxygen atoms in total. The Morgan fingerprint density at radius 2 is 0.912 bits per heavy atom. The van der Waals surface area contributed by atoms with Crippen LogP contribution in [0.2, 0.25) is 0 Å². The average molecular weight is 926 g/mol. The summed E-state index contributed by atoms with van der Waals surface area (Å²) < 4.78 is 63.4. The highest BCUT2D eigenvalue weighted by atomic mass is 19.1. The Hall–Kier alpha value is -6.88. The number of fused-ring (bicyclic) bond motifs is 2. The molecule has 8 heterocycles. The van der Waals surface area contributed by atoms with Crippen LogP contribution in [-0.4, -0.2) is 88.3 Å². The van der Waals surface area contributed by atoms with E-state index in [4.69, 9.17) is 0 Å². The van der Waals surface area contributed by atoms with Crippen molar-refractivity contribution in [1.82, 2.24) is 54.3 Å². The standard InChI is InChI=1S/C26H28F2N6.C25H27F2N7/c1-16(2)34-17(3)32-26-22(27)9-18(10-24(26)34)21-11-19(29-15-23(21)28)12-25-30-13-20(14-31-25)33-7-5-4-6-8-33;1-15(2)34-16(3)32-25-21(26)8-17(9-23(25)34)20-10-18(29-14-22(20)27)11-24-30-12-19(13-31-24)33-6-4-28-5-7-33/h9-11,13-16H,4-8,12H2,1-3H3;8-10,12-15,28H,4-7,11H2,1-3H3. The van der Waals surface area contributed by atoms with Crippen molar-refractivity contribution in [3.05, 3.63) is 132 Å². The molecule has 0 amide bonds. The lowest BCUT2D eigenvalue weighted by molar-refractivity contribution is 0.576. The van der Waals surface area contributed by atoms with E-state index in [-0.39, 0.29) is 17.6 Å². The van der Waals surface area contributed by atoms with Crippen LogP contribution < -0.4 is 15.1 Å². The van der Waals surface area contributed by atoms with Crippen LogP contribution in [0.5, 0.6) is 0 Å². The largest absolute Gasteiger partial charge is 0.369 e. The van der Waals surface area contributed by atoms with Crippen LogP contribution in [0.4, 0.5) is 28.9 Å². The molecule has 8 aromatic rings. The number of aromatic nitrogens is 10. The van der Waals surface area contributed by atoms with E-state index in [9.17, 15) is 17.6 Å². The molecule has 2 aliphatic heterocycles. The number of rotatable bonds is 10. The van der Waals surface area contributed by atoms with Gasteiger partial charge in [0, 0.05) is 73.9 Å².